The molecule has 0 aliphatic carbocycles. The largest absolute Gasteiger partial charge is 0.508 e. The first-order valence-electron chi connectivity index (χ1n) is 6.01. The van der Waals surface area contributed by atoms with Crippen LogP contribution in [-0.4, -0.2) is 24.3 Å². The molecule has 0 fully saturated rings. The second-order valence-electron chi connectivity index (χ2n) is 4.07. The molecular formula is C15H16N2O3S. The Bertz CT molecular complexity index is 608. The zero-order valence-corrected chi connectivity index (χ0v) is 12.8. The van der Waals surface area contributed by atoms with Crippen LogP contribution >= 0.6 is 12.2 Å². The second-order valence-corrected chi connectivity index (χ2v) is 4.68. The van der Waals surface area contributed by atoms with Crippen molar-refractivity contribution in [3.05, 3.63) is 41.3 Å². The summed E-state index contributed by atoms with van der Waals surface area (Å²) in [4.78, 5) is 0.443. The highest BCUT2D eigenvalue weighted by atomic mass is 32.1. The Morgan fingerprint density at radius 2 is 1.86 bits per heavy atom. The first-order chi connectivity index (χ1) is 9.98. The van der Waals surface area contributed by atoms with E-state index >= 15 is 0 Å². The Hall–Kier alpha value is -2.52. The third kappa shape index (κ3) is 5.55. The third-order valence-electron chi connectivity index (χ3n) is 2.41. The van der Waals surface area contributed by atoms with Crippen LogP contribution in [0.2, 0.25) is 0 Å². The van der Waals surface area contributed by atoms with Gasteiger partial charge >= 0.3 is 0 Å². The van der Waals surface area contributed by atoms with Gasteiger partial charge in [-0.15, -0.1) is 0 Å². The summed E-state index contributed by atoms with van der Waals surface area (Å²) in [5, 5.41) is 21.5. The van der Waals surface area contributed by atoms with Crippen LogP contribution in [0.3, 0.4) is 0 Å². The minimum Gasteiger partial charge on any atom is -0.508 e. The van der Waals surface area contributed by atoms with E-state index in [0.29, 0.717) is 22.1 Å². The fourth-order valence-electron chi connectivity index (χ4n) is 1.56. The van der Waals surface area contributed by atoms with Crippen molar-refractivity contribution >= 4 is 23.3 Å². The molecule has 1 rings (SSSR count). The molecule has 0 aliphatic rings. The van der Waals surface area contributed by atoms with Crippen LogP contribution in [0.25, 0.3) is 6.08 Å². The van der Waals surface area contributed by atoms with E-state index < -0.39 is 0 Å². The molecule has 0 atom stereocenters. The third-order valence-corrected chi connectivity index (χ3v) is 2.51. The van der Waals surface area contributed by atoms with Gasteiger partial charge in [-0.05, 0) is 30.7 Å². The van der Waals surface area contributed by atoms with E-state index in [9.17, 15) is 5.11 Å². The predicted molar refractivity (Wildman–Crippen MR) is 85.3 cm³/mol. The molecule has 1 aromatic rings. The van der Waals surface area contributed by atoms with Gasteiger partial charge in [-0.3, -0.25) is 0 Å². The summed E-state index contributed by atoms with van der Waals surface area (Å²) >= 11 is 4.85. The van der Waals surface area contributed by atoms with Gasteiger partial charge in [0, 0.05) is 12.1 Å². The van der Waals surface area contributed by atoms with E-state index in [4.69, 9.17) is 27.0 Å². The normalized spacial score (nSPS) is 11.5. The number of benzene rings is 1. The summed E-state index contributed by atoms with van der Waals surface area (Å²) < 4.78 is 10.3. The Morgan fingerprint density at radius 1 is 1.29 bits per heavy atom. The molecule has 2 N–H and O–H groups in total. The predicted octanol–water partition coefficient (Wildman–Crippen LogP) is 2.95. The fraction of sp³-hybridized carbons (Fsp3) is 0.200. The highest BCUT2D eigenvalue weighted by Gasteiger charge is 2.02. The average Bonchev–Trinajstić information content (AvgIpc) is 2.45. The van der Waals surface area contributed by atoms with Gasteiger partial charge in [-0.25, -0.2) is 0 Å². The molecule has 6 heteroatoms. The van der Waals surface area contributed by atoms with E-state index in [1.807, 2.05) is 6.07 Å². The van der Waals surface area contributed by atoms with Crippen molar-refractivity contribution in [1.82, 2.24) is 5.32 Å². The van der Waals surface area contributed by atoms with Crippen LogP contribution < -0.4 is 14.8 Å². The molecule has 0 heterocycles. The molecular weight excluding hydrogens is 288 g/mol. The number of nitrogens with zero attached hydrogens (tertiary/aromatic N) is 1. The summed E-state index contributed by atoms with van der Waals surface area (Å²) in [6.07, 6.45) is 2.78. The van der Waals surface area contributed by atoms with Gasteiger partial charge in [0.1, 0.15) is 29.0 Å². The molecule has 21 heavy (non-hydrogen) atoms. The summed E-state index contributed by atoms with van der Waals surface area (Å²) in [5.41, 5.74) is 0.836. The van der Waals surface area contributed by atoms with E-state index in [2.05, 4.69) is 5.32 Å². The molecule has 0 amide bonds. The molecule has 0 unspecified atom stereocenters. The van der Waals surface area contributed by atoms with Crippen LogP contribution in [0.5, 0.6) is 11.5 Å². The number of aliphatic hydroxyl groups excluding tert-OH is 1. The van der Waals surface area contributed by atoms with E-state index in [0.717, 1.165) is 0 Å². The lowest BCUT2D eigenvalue weighted by Crippen LogP contribution is -2.16. The second kappa shape index (κ2) is 7.92. The number of nitrogens with one attached hydrogen (secondary N) is 1. The molecule has 0 radical (unpaired) electrons. The number of methoxy groups -OCH3 is 2. The van der Waals surface area contributed by atoms with Crippen molar-refractivity contribution in [1.29, 1.82) is 5.26 Å². The van der Waals surface area contributed by atoms with Crippen molar-refractivity contribution in [2.24, 2.45) is 0 Å². The maximum atomic E-state index is 9.91. The lowest BCUT2D eigenvalue weighted by Gasteiger charge is -2.06. The number of rotatable bonds is 5. The fourth-order valence-corrected chi connectivity index (χ4v) is 1.67. The van der Waals surface area contributed by atoms with E-state index in [-0.39, 0.29) is 11.5 Å². The summed E-state index contributed by atoms with van der Waals surface area (Å²) in [5.74, 6) is 1.11. The number of aliphatic hydroxyl groups is 1. The molecule has 0 aliphatic heterocycles. The highest BCUT2D eigenvalue weighted by molar-refractivity contribution is 7.80. The Labute approximate surface area is 129 Å². The number of ether oxygens (including phenoxy) is 2. The molecule has 0 aromatic heterocycles. The first-order valence-corrected chi connectivity index (χ1v) is 6.42. The van der Waals surface area contributed by atoms with E-state index in [1.165, 1.54) is 12.2 Å². The van der Waals surface area contributed by atoms with Gasteiger partial charge in [0.2, 0.25) is 0 Å². The van der Waals surface area contributed by atoms with E-state index in [1.54, 1.807) is 39.3 Å². The van der Waals surface area contributed by atoms with Crippen molar-refractivity contribution in [2.75, 3.05) is 14.2 Å². The van der Waals surface area contributed by atoms with Crippen molar-refractivity contribution in [3.8, 4) is 17.6 Å². The maximum Gasteiger partial charge on any atom is 0.123 e. The van der Waals surface area contributed by atoms with Crippen LogP contribution in [0.15, 0.2) is 35.7 Å². The highest BCUT2D eigenvalue weighted by Crippen LogP contribution is 2.24. The van der Waals surface area contributed by atoms with Gasteiger partial charge in [0.15, 0.2) is 0 Å². The first kappa shape index (κ1) is 16.5. The number of nitriles is 1. The Kier molecular flexibility index (Phi) is 6.24. The van der Waals surface area contributed by atoms with Gasteiger partial charge in [-0.1, -0.05) is 12.2 Å². The van der Waals surface area contributed by atoms with Gasteiger partial charge in [-0.2, -0.15) is 5.26 Å². The number of thiocarbonyl (C=S) groups is 1. The van der Waals surface area contributed by atoms with Crippen LogP contribution in [-0.2, 0) is 0 Å². The molecule has 110 valence electrons. The summed E-state index contributed by atoms with van der Waals surface area (Å²) in [7, 11) is 3.09. The van der Waals surface area contributed by atoms with Crippen molar-refractivity contribution < 1.29 is 14.6 Å². The van der Waals surface area contributed by atoms with Crippen LogP contribution in [0.4, 0.5) is 0 Å². The van der Waals surface area contributed by atoms with Crippen LogP contribution in [0, 0.1) is 11.3 Å². The van der Waals surface area contributed by atoms with Crippen LogP contribution in [0.1, 0.15) is 12.5 Å². The molecule has 0 bridgehead atoms. The summed E-state index contributed by atoms with van der Waals surface area (Å²) in [6, 6.07) is 7.10. The minimum absolute atomic E-state index is 0.0920. The van der Waals surface area contributed by atoms with Gasteiger partial charge < -0.3 is 19.9 Å². The monoisotopic (exact) mass is 304 g/mol. The number of allylic oxidation sites excluding steroid dienone is 2. The zero-order valence-electron chi connectivity index (χ0n) is 12.0. The molecule has 0 saturated heterocycles. The minimum atomic E-state index is -0.0920. The van der Waals surface area contributed by atoms with Crippen molar-refractivity contribution in [3.63, 3.8) is 0 Å². The standard InChI is InChI=1S/C15H16N2O3S/c1-10(21)17-12(9-16)7-13(18)4-11-5-14(19-2)8-15(6-11)20-3/h4-8,18H,1-3H3,(H,17,21)/b12-7+,13-4+. The van der Waals surface area contributed by atoms with Crippen molar-refractivity contribution in [2.45, 2.75) is 6.92 Å². The Morgan fingerprint density at radius 3 is 2.29 bits per heavy atom. The van der Waals surface area contributed by atoms with Gasteiger partial charge in [0.25, 0.3) is 0 Å². The SMILES string of the molecule is COc1cc(/C=C(O)\C=C(/C#N)NC(C)=S)cc(OC)c1. The quantitative estimate of drug-likeness (QED) is 0.377. The lowest BCUT2D eigenvalue weighted by atomic mass is 10.1. The summed E-state index contributed by atoms with van der Waals surface area (Å²) in [6.45, 7) is 1.65. The smallest absolute Gasteiger partial charge is 0.123 e. The molecule has 0 saturated carbocycles. The number of hydrogen-bond acceptors (Lipinski definition) is 5. The zero-order chi connectivity index (χ0) is 15.8. The average molecular weight is 304 g/mol. The maximum absolute atomic E-state index is 9.91. The van der Waals surface area contributed by atoms with Gasteiger partial charge in [0.05, 0.1) is 19.2 Å². The Balaban J connectivity index is 3.09. The molecule has 5 nitrogen and oxygen atoms in total. The number of hydrogen-bond donors (Lipinski definition) is 2. The molecule has 1 aromatic carbocycles. The topological polar surface area (TPSA) is 74.5 Å². The lowest BCUT2D eigenvalue weighted by molar-refractivity contribution is 0.394. The molecule has 0 spiro atoms.